The molecular weight excluding hydrogens is 348 g/mol. The van der Waals surface area contributed by atoms with Crippen molar-refractivity contribution in [2.45, 2.75) is 32.1 Å². The SMILES string of the molecule is CCC(NC(=O)CS(=O)(=O)Cc1ccc(C#N)cc1)c1ccc(C)cc1. The lowest BCUT2D eigenvalue weighted by molar-refractivity contribution is -0.119. The molecule has 0 heterocycles. The summed E-state index contributed by atoms with van der Waals surface area (Å²) >= 11 is 0. The van der Waals surface area contributed by atoms with E-state index in [0.29, 0.717) is 17.5 Å². The van der Waals surface area contributed by atoms with Gasteiger partial charge in [-0.15, -0.1) is 0 Å². The summed E-state index contributed by atoms with van der Waals surface area (Å²) in [5.41, 5.74) is 3.10. The maximum absolute atomic E-state index is 12.3. The lowest BCUT2D eigenvalue weighted by atomic mass is 10.0. The Morgan fingerprint density at radius 3 is 2.27 bits per heavy atom. The van der Waals surface area contributed by atoms with Crippen LogP contribution in [0.2, 0.25) is 0 Å². The van der Waals surface area contributed by atoms with Gasteiger partial charge in [-0.2, -0.15) is 5.26 Å². The van der Waals surface area contributed by atoms with Gasteiger partial charge in [0.1, 0.15) is 5.75 Å². The first kappa shape index (κ1) is 19.7. The summed E-state index contributed by atoms with van der Waals surface area (Å²) in [6.45, 7) is 3.93. The fourth-order valence-electron chi connectivity index (χ4n) is 2.64. The molecule has 0 aliphatic carbocycles. The average Bonchev–Trinajstić information content (AvgIpc) is 2.60. The molecule has 1 unspecified atom stereocenters. The molecule has 1 amide bonds. The molecule has 0 aromatic heterocycles. The van der Waals surface area contributed by atoms with Crippen LogP contribution < -0.4 is 5.32 Å². The highest BCUT2D eigenvalue weighted by molar-refractivity contribution is 7.91. The van der Waals surface area contributed by atoms with Gasteiger partial charge < -0.3 is 5.32 Å². The third-order valence-electron chi connectivity index (χ3n) is 4.04. The first-order chi connectivity index (χ1) is 12.3. The summed E-state index contributed by atoms with van der Waals surface area (Å²) in [4.78, 5) is 12.2. The van der Waals surface area contributed by atoms with E-state index in [9.17, 15) is 13.2 Å². The Labute approximate surface area is 154 Å². The number of nitrogens with one attached hydrogen (secondary N) is 1. The maximum Gasteiger partial charge on any atom is 0.235 e. The molecule has 0 aliphatic rings. The zero-order valence-corrected chi connectivity index (χ0v) is 15.7. The Morgan fingerprint density at radius 2 is 1.73 bits per heavy atom. The number of amides is 1. The van der Waals surface area contributed by atoms with Crippen molar-refractivity contribution >= 4 is 15.7 Å². The molecule has 0 saturated heterocycles. The quantitative estimate of drug-likeness (QED) is 0.811. The molecule has 0 aliphatic heterocycles. The van der Waals surface area contributed by atoms with Crippen molar-refractivity contribution in [3.63, 3.8) is 0 Å². The number of nitriles is 1. The Hall–Kier alpha value is -2.65. The largest absolute Gasteiger partial charge is 0.348 e. The summed E-state index contributed by atoms with van der Waals surface area (Å²) in [5, 5.41) is 11.6. The molecule has 0 spiro atoms. The second-order valence-corrected chi connectivity index (χ2v) is 8.34. The van der Waals surface area contributed by atoms with Crippen LogP contribution in [0.4, 0.5) is 0 Å². The molecule has 0 bridgehead atoms. The molecule has 0 fully saturated rings. The van der Waals surface area contributed by atoms with Crippen molar-refractivity contribution in [1.29, 1.82) is 5.26 Å². The van der Waals surface area contributed by atoms with Crippen LogP contribution in [0.5, 0.6) is 0 Å². The Balaban J connectivity index is 2.00. The van der Waals surface area contributed by atoms with Crippen LogP contribution in [-0.4, -0.2) is 20.1 Å². The van der Waals surface area contributed by atoms with E-state index in [1.54, 1.807) is 24.3 Å². The molecule has 6 heteroatoms. The fourth-order valence-corrected chi connectivity index (χ4v) is 3.92. The minimum absolute atomic E-state index is 0.215. The highest BCUT2D eigenvalue weighted by atomic mass is 32.2. The standard InChI is InChI=1S/C20H22N2O3S/c1-3-19(18-10-4-15(2)5-11-18)22-20(23)14-26(24,25)13-17-8-6-16(12-21)7-9-17/h4-11,19H,3,13-14H2,1-2H3,(H,22,23). The monoisotopic (exact) mass is 370 g/mol. The molecule has 2 aromatic carbocycles. The van der Waals surface area contributed by atoms with Crippen LogP contribution in [0.25, 0.3) is 0 Å². The van der Waals surface area contributed by atoms with Gasteiger partial charge >= 0.3 is 0 Å². The third kappa shape index (κ3) is 5.71. The van der Waals surface area contributed by atoms with Crippen LogP contribution in [-0.2, 0) is 20.4 Å². The van der Waals surface area contributed by atoms with Gasteiger partial charge in [0.2, 0.25) is 5.91 Å². The summed E-state index contributed by atoms with van der Waals surface area (Å²) in [5.74, 6) is -1.30. The number of benzene rings is 2. The second kappa shape index (κ2) is 8.63. The summed E-state index contributed by atoms with van der Waals surface area (Å²) in [7, 11) is -3.59. The van der Waals surface area contributed by atoms with Crippen molar-refractivity contribution in [3.05, 3.63) is 70.8 Å². The van der Waals surface area contributed by atoms with Crippen molar-refractivity contribution in [1.82, 2.24) is 5.32 Å². The number of nitrogens with zero attached hydrogens (tertiary/aromatic N) is 1. The Kier molecular flexibility index (Phi) is 6.53. The predicted molar refractivity (Wildman–Crippen MR) is 101 cm³/mol. The van der Waals surface area contributed by atoms with Gasteiger partial charge in [0.25, 0.3) is 0 Å². The Bertz CT molecular complexity index is 896. The maximum atomic E-state index is 12.3. The second-order valence-electron chi connectivity index (χ2n) is 6.28. The molecule has 0 radical (unpaired) electrons. The van der Waals surface area contributed by atoms with Crippen molar-refractivity contribution < 1.29 is 13.2 Å². The van der Waals surface area contributed by atoms with E-state index in [1.165, 1.54) is 0 Å². The van der Waals surface area contributed by atoms with Crippen molar-refractivity contribution in [2.24, 2.45) is 0 Å². The number of carbonyl (C=O) groups excluding carboxylic acids is 1. The van der Waals surface area contributed by atoms with Gasteiger partial charge in [-0.3, -0.25) is 4.79 Å². The lowest BCUT2D eigenvalue weighted by Gasteiger charge is -2.18. The van der Waals surface area contributed by atoms with Gasteiger partial charge in [-0.05, 0) is 36.6 Å². The van der Waals surface area contributed by atoms with Gasteiger partial charge in [0.05, 0.1) is 23.4 Å². The van der Waals surface area contributed by atoms with Crippen LogP contribution in [0, 0.1) is 18.3 Å². The molecule has 2 rings (SSSR count). The minimum atomic E-state index is -3.59. The molecule has 26 heavy (non-hydrogen) atoms. The topological polar surface area (TPSA) is 87.0 Å². The van der Waals surface area contributed by atoms with Crippen LogP contribution in [0.1, 0.15) is 41.6 Å². The molecule has 1 N–H and O–H groups in total. The fraction of sp³-hybridized carbons (Fsp3) is 0.300. The first-order valence-corrected chi connectivity index (χ1v) is 10.2. The van der Waals surface area contributed by atoms with Crippen LogP contribution >= 0.6 is 0 Å². The van der Waals surface area contributed by atoms with Gasteiger partial charge in [0, 0.05) is 0 Å². The van der Waals surface area contributed by atoms with Crippen LogP contribution in [0.15, 0.2) is 48.5 Å². The predicted octanol–water partition coefficient (Wildman–Crippen LogP) is 3.05. The number of sulfone groups is 1. The van der Waals surface area contributed by atoms with E-state index < -0.39 is 21.5 Å². The number of rotatable bonds is 7. The number of hydrogen-bond donors (Lipinski definition) is 1. The van der Waals surface area contributed by atoms with Crippen molar-refractivity contribution in [2.75, 3.05) is 5.75 Å². The van der Waals surface area contributed by atoms with E-state index in [0.717, 1.165) is 11.1 Å². The Morgan fingerprint density at radius 1 is 1.12 bits per heavy atom. The molecule has 136 valence electrons. The van der Waals surface area contributed by atoms with E-state index >= 15 is 0 Å². The summed E-state index contributed by atoms with van der Waals surface area (Å²) in [6.07, 6.45) is 0.671. The first-order valence-electron chi connectivity index (χ1n) is 8.38. The zero-order chi connectivity index (χ0) is 19.2. The van der Waals surface area contributed by atoms with Crippen LogP contribution in [0.3, 0.4) is 0 Å². The molecule has 0 saturated carbocycles. The van der Waals surface area contributed by atoms with E-state index in [1.807, 2.05) is 44.2 Å². The minimum Gasteiger partial charge on any atom is -0.348 e. The third-order valence-corrected chi connectivity index (χ3v) is 5.52. The summed E-state index contributed by atoms with van der Waals surface area (Å²) < 4.78 is 24.6. The summed E-state index contributed by atoms with van der Waals surface area (Å²) in [6, 6.07) is 15.9. The van der Waals surface area contributed by atoms with Crippen molar-refractivity contribution in [3.8, 4) is 6.07 Å². The van der Waals surface area contributed by atoms with Gasteiger partial charge in [-0.25, -0.2) is 8.42 Å². The molecule has 2 aromatic rings. The number of aryl methyl sites for hydroxylation is 1. The normalized spacial score (nSPS) is 12.2. The number of carbonyl (C=O) groups is 1. The number of hydrogen-bond acceptors (Lipinski definition) is 4. The molecule has 5 nitrogen and oxygen atoms in total. The van der Waals surface area contributed by atoms with E-state index in [4.69, 9.17) is 5.26 Å². The van der Waals surface area contributed by atoms with E-state index in [2.05, 4.69) is 5.32 Å². The highest BCUT2D eigenvalue weighted by Crippen LogP contribution is 2.17. The lowest BCUT2D eigenvalue weighted by Crippen LogP contribution is -2.33. The highest BCUT2D eigenvalue weighted by Gasteiger charge is 2.20. The van der Waals surface area contributed by atoms with Gasteiger partial charge in [0.15, 0.2) is 9.84 Å². The molecule has 1 atom stereocenters. The molecular formula is C20H22N2O3S. The van der Waals surface area contributed by atoms with Gasteiger partial charge in [-0.1, -0.05) is 48.9 Å². The smallest absolute Gasteiger partial charge is 0.235 e. The average molecular weight is 370 g/mol. The zero-order valence-electron chi connectivity index (χ0n) is 14.9. The van der Waals surface area contributed by atoms with E-state index in [-0.39, 0.29) is 11.8 Å².